The summed E-state index contributed by atoms with van der Waals surface area (Å²) in [6, 6.07) is 24.7. The number of hydrazone groups is 1. The first-order valence-corrected chi connectivity index (χ1v) is 14.1. The molecule has 0 bridgehead atoms. The number of para-hydroxylation sites is 1. The molecule has 0 spiro atoms. The lowest BCUT2D eigenvalue weighted by molar-refractivity contribution is 0.0727. The molecule has 5 rings (SSSR count). The number of rotatable bonds is 9. The number of carbonyl (C=O) groups excluding carboxylic acids is 2. The minimum absolute atomic E-state index is 0.249. The predicted molar refractivity (Wildman–Crippen MR) is 167 cm³/mol. The van der Waals surface area contributed by atoms with Crippen molar-refractivity contribution in [3.8, 4) is 28.4 Å². The van der Waals surface area contributed by atoms with Gasteiger partial charge in [0.25, 0.3) is 5.91 Å². The van der Waals surface area contributed by atoms with E-state index in [-0.39, 0.29) is 5.75 Å². The van der Waals surface area contributed by atoms with Crippen LogP contribution in [0.4, 0.5) is 0 Å². The lowest BCUT2D eigenvalue weighted by Gasteiger charge is -2.11. The third kappa shape index (κ3) is 6.17. The Hall–Kier alpha value is -4.60. The van der Waals surface area contributed by atoms with Crippen molar-refractivity contribution in [1.82, 2.24) is 10.4 Å². The SMILES string of the molecule is CCOc1cc(C=NNC(=O)c2[nH]c3c(Br)cccc3c2-c2ccccc2Cl)ccc1OC(=O)c1cccc(OC)c1. The summed E-state index contributed by atoms with van der Waals surface area (Å²) in [6.07, 6.45) is 1.47. The number of methoxy groups -OCH3 is 1. The maximum Gasteiger partial charge on any atom is 0.343 e. The fraction of sp³-hybridized carbons (Fsp3) is 0.0938. The van der Waals surface area contributed by atoms with Gasteiger partial charge in [-0.2, -0.15) is 5.10 Å². The lowest BCUT2D eigenvalue weighted by Crippen LogP contribution is -2.19. The second kappa shape index (κ2) is 12.9. The van der Waals surface area contributed by atoms with Crippen LogP contribution in [0.1, 0.15) is 33.3 Å². The van der Waals surface area contributed by atoms with E-state index in [0.29, 0.717) is 45.5 Å². The zero-order valence-corrected chi connectivity index (χ0v) is 25.0. The fourth-order valence-corrected chi connectivity index (χ4v) is 5.08. The number of aromatic nitrogens is 1. The largest absolute Gasteiger partial charge is 0.497 e. The van der Waals surface area contributed by atoms with Crippen LogP contribution in [0.2, 0.25) is 5.02 Å². The maximum atomic E-state index is 13.3. The Morgan fingerprint density at radius 3 is 2.60 bits per heavy atom. The zero-order valence-electron chi connectivity index (χ0n) is 22.6. The highest BCUT2D eigenvalue weighted by Gasteiger charge is 2.22. The molecule has 8 nitrogen and oxygen atoms in total. The van der Waals surface area contributed by atoms with Gasteiger partial charge in [0.05, 0.1) is 31.0 Å². The molecule has 42 heavy (non-hydrogen) atoms. The summed E-state index contributed by atoms with van der Waals surface area (Å²) < 4.78 is 17.3. The molecular formula is C32H25BrClN3O5. The Kier molecular flexibility index (Phi) is 8.90. The van der Waals surface area contributed by atoms with E-state index in [1.165, 1.54) is 13.3 Å². The zero-order chi connectivity index (χ0) is 29.6. The Balaban J connectivity index is 1.37. The van der Waals surface area contributed by atoms with Crippen molar-refractivity contribution in [2.75, 3.05) is 13.7 Å². The summed E-state index contributed by atoms with van der Waals surface area (Å²) in [7, 11) is 1.53. The highest BCUT2D eigenvalue weighted by Crippen LogP contribution is 2.38. The van der Waals surface area contributed by atoms with Crippen LogP contribution < -0.4 is 19.6 Å². The van der Waals surface area contributed by atoms with Crippen LogP contribution in [0, 0.1) is 0 Å². The van der Waals surface area contributed by atoms with Gasteiger partial charge in [0.15, 0.2) is 11.5 Å². The van der Waals surface area contributed by atoms with Gasteiger partial charge in [-0.15, -0.1) is 0 Å². The van der Waals surface area contributed by atoms with Gasteiger partial charge < -0.3 is 19.2 Å². The predicted octanol–water partition coefficient (Wildman–Crippen LogP) is 7.64. The number of hydrogen-bond acceptors (Lipinski definition) is 6. The molecule has 0 unspecified atom stereocenters. The molecule has 0 saturated carbocycles. The van der Waals surface area contributed by atoms with Crippen molar-refractivity contribution in [3.05, 3.63) is 111 Å². The van der Waals surface area contributed by atoms with E-state index in [4.69, 9.17) is 25.8 Å². The van der Waals surface area contributed by atoms with Crippen LogP contribution in [-0.4, -0.2) is 36.8 Å². The van der Waals surface area contributed by atoms with Crippen molar-refractivity contribution >= 4 is 56.5 Å². The van der Waals surface area contributed by atoms with Gasteiger partial charge in [0, 0.05) is 26.0 Å². The first-order chi connectivity index (χ1) is 20.4. The first kappa shape index (κ1) is 28.9. The number of amides is 1. The van der Waals surface area contributed by atoms with E-state index < -0.39 is 11.9 Å². The minimum Gasteiger partial charge on any atom is -0.497 e. The number of H-pyrrole nitrogens is 1. The van der Waals surface area contributed by atoms with E-state index in [0.717, 1.165) is 20.9 Å². The molecular weight excluding hydrogens is 622 g/mol. The molecule has 4 aromatic carbocycles. The van der Waals surface area contributed by atoms with Crippen molar-refractivity contribution < 1.29 is 23.8 Å². The van der Waals surface area contributed by atoms with Gasteiger partial charge in [-0.25, -0.2) is 10.2 Å². The van der Waals surface area contributed by atoms with Gasteiger partial charge in [0.1, 0.15) is 11.4 Å². The Morgan fingerprint density at radius 1 is 1.00 bits per heavy atom. The molecule has 0 radical (unpaired) electrons. The van der Waals surface area contributed by atoms with E-state index in [9.17, 15) is 9.59 Å². The van der Waals surface area contributed by atoms with Crippen LogP contribution in [0.5, 0.6) is 17.2 Å². The van der Waals surface area contributed by atoms with Gasteiger partial charge in [-0.1, -0.05) is 48.0 Å². The van der Waals surface area contributed by atoms with Crippen LogP contribution >= 0.6 is 27.5 Å². The van der Waals surface area contributed by atoms with E-state index in [1.807, 2.05) is 43.3 Å². The molecule has 1 amide bonds. The number of hydrogen-bond donors (Lipinski definition) is 2. The quantitative estimate of drug-likeness (QED) is 0.0742. The molecule has 0 atom stereocenters. The number of benzene rings is 4. The first-order valence-electron chi connectivity index (χ1n) is 12.9. The highest BCUT2D eigenvalue weighted by atomic mass is 79.9. The van der Waals surface area contributed by atoms with Crippen molar-refractivity contribution in [1.29, 1.82) is 0 Å². The van der Waals surface area contributed by atoms with Crippen LogP contribution in [-0.2, 0) is 0 Å². The molecule has 1 heterocycles. The Labute approximate surface area is 255 Å². The molecule has 0 saturated heterocycles. The molecule has 0 aliphatic rings. The smallest absolute Gasteiger partial charge is 0.343 e. The molecule has 2 N–H and O–H groups in total. The standard InChI is InChI=1S/C32H25BrClN3O5/c1-3-41-27-16-19(14-15-26(27)42-32(39)20-8-6-9-21(17-20)40-2)18-35-37-31(38)30-28(22-10-4-5-13-25(22)34)23-11-7-12-24(33)29(23)36-30/h4-18,36H,3H2,1-2H3,(H,37,38). The maximum absolute atomic E-state index is 13.3. The van der Waals surface area contributed by atoms with Gasteiger partial charge in [0.2, 0.25) is 0 Å². The van der Waals surface area contributed by atoms with Crippen LogP contribution in [0.3, 0.4) is 0 Å². The summed E-state index contributed by atoms with van der Waals surface area (Å²) >= 11 is 10.1. The lowest BCUT2D eigenvalue weighted by atomic mass is 10.0. The number of ether oxygens (including phenoxy) is 3. The Bertz CT molecular complexity index is 1820. The highest BCUT2D eigenvalue weighted by molar-refractivity contribution is 9.10. The Morgan fingerprint density at radius 2 is 1.81 bits per heavy atom. The molecule has 0 aliphatic heterocycles. The van der Waals surface area contributed by atoms with Crippen molar-refractivity contribution in [3.63, 3.8) is 0 Å². The number of fused-ring (bicyclic) bond motifs is 1. The van der Waals surface area contributed by atoms with E-state index >= 15 is 0 Å². The number of esters is 1. The summed E-state index contributed by atoms with van der Waals surface area (Å²) in [5.41, 5.74) is 6.02. The molecule has 212 valence electrons. The van der Waals surface area contributed by atoms with E-state index in [2.05, 4.69) is 31.4 Å². The van der Waals surface area contributed by atoms with Crippen molar-refractivity contribution in [2.45, 2.75) is 6.92 Å². The summed E-state index contributed by atoms with van der Waals surface area (Å²) in [5.74, 6) is 0.146. The molecule has 0 fully saturated rings. The third-order valence-electron chi connectivity index (χ3n) is 6.31. The normalized spacial score (nSPS) is 11.0. The number of carbonyl (C=O) groups is 2. The topological polar surface area (TPSA) is 102 Å². The van der Waals surface area contributed by atoms with Crippen LogP contribution in [0.15, 0.2) is 94.5 Å². The summed E-state index contributed by atoms with van der Waals surface area (Å²) in [6.45, 7) is 2.17. The number of nitrogens with one attached hydrogen (secondary N) is 2. The third-order valence-corrected chi connectivity index (χ3v) is 7.30. The second-order valence-corrected chi connectivity index (χ2v) is 10.2. The minimum atomic E-state index is -0.553. The molecule has 10 heteroatoms. The monoisotopic (exact) mass is 645 g/mol. The molecule has 1 aromatic heterocycles. The second-order valence-electron chi connectivity index (χ2n) is 8.98. The average Bonchev–Trinajstić information content (AvgIpc) is 3.39. The van der Waals surface area contributed by atoms with Gasteiger partial charge >= 0.3 is 5.97 Å². The van der Waals surface area contributed by atoms with Crippen LogP contribution in [0.25, 0.3) is 22.0 Å². The summed E-state index contributed by atoms with van der Waals surface area (Å²) in [5, 5.41) is 5.52. The van der Waals surface area contributed by atoms with Gasteiger partial charge in [-0.05, 0) is 76.9 Å². The van der Waals surface area contributed by atoms with E-state index in [1.54, 1.807) is 48.5 Å². The number of halogens is 2. The molecule has 5 aromatic rings. The van der Waals surface area contributed by atoms with Gasteiger partial charge in [-0.3, -0.25) is 4.79 Å². The number of aromatic amines is 1. The van der Waals surface area contributed by atoms with Crippen molar-refractivity contribution in [2.24, 2.45) is 5.10 Å². The summed E-state index contributed by atoms with van der Waals surface area (Å²) in [4.78, 5) is 29.3. The average molecular weight is 647 g/mol. The number of nitrogens with zero attached hydrogens (tertiary/aromatic N) is 1. The molecule has 0 aliphatic carbocycles. The fourth-order valence-electron chi connectivity index (χ4n) is 4.38.